The molecule has 1 amide bonds. The van der Waals surface area contributed by atoms with Gasteiger partial charge < -0.3 is 5.32 Å². The van der Waals surface area contributed by atoms with Crippen LogP contribution in [0.4, 0.5) is 10.5 Å². The SMILES string of the molecule is Cc1cc(NC(=O)Cl)cc(C)c1S(=O)(=O)C[N+](=O)[O-]. The van der Waals surface area contributed by atoms with Crippen LogP contribution in [0.25, 0.3) is 0 Å². The van der Waals surface area contributed by atoms with Crippen molar-refractivity contribution in [3.8, 4) is 0 Å². The van der Waals surface area contributed by atoms with E-state index in [0.717, 1.165) is 0 Å². The molecule has 0 unspecified atom stereocenters. The van der Waals surface area contributed by atoms with Crippen molar-refractivity contribution >= 4 is 32.5 Å². The van der Waals surface area contributed by atoms with Crippen molar-refractivity contribution < 1.29 is 18.1 Å². The van der Waals surface area contributed by atoms with Crippen molar-refractivity contribution in [3.63, 3.8) is 0 Å². The number of nitrogens with one attached hydrogen (secondary N) is 1. The molecule has 0 saturated heterocycles. The highest BCUT2D eigenvalue weighted by atomic mass is 35.5. The van der Waals surface area contributed by atoms with Gasteiger partial charge in [-0.15, -0.1) is 0 Å². The summed E-state index contributed by atoms with van der Waals surface area (Å²) in [6, 6.07) is 2.78. The zero-order valence-electron chi connectivity index (χ0n) is 10.1. The summed E-state index contributed by atoms with van der Waals surface area (Å²) in [6.45, 7) is 2.98. The Morgan fingerprint density at radius 2 is 1.84 bits per heavy atom. The van der Waals surface area contributed by atoms with E-state index < -0.39 is 26.0 Å². The third-order valence-electron chi connectivity index (χ3n) is 2.29. The molecule has 0 fully saturated rings. The lowest BCUT2D eigenvalue weighted by molar-refractivity contribution is -0.458. The molecule has 0 heterocycles. The minimum absolute atomic E-state index is 0.100. The standard InChI is InChI=1S/C10H11ClN2O5S/c1-6-3-8(12-10(11)14)4-7(2)9(6)19(17,18)5-13(15)16/h3-4H,5H2,1-2H3,(H,12,14). The molecule has 0 radical (unpaired) electrons. The summed E-state index contributed by atoms with van der Waals surface area (Å²) in [5.41, 5.74) is 0.944. The van der Waals surface area contributed by atoms with Gasteiger partial charge >= 0.3 is 11.2 Å². The topological polar surface area (TPSA) is 106 Å². The Morgan fingerprint density at radius 3 is 2.21 bits per heavy atom. The monoisotopic (exact) mass is 306 g/mol. The molecule has 104 valence electrons. The molecular weight excluding hydrogens is 296 g/mol. The third kappa shape index (κ3) is 3.90. The molecule has 0 aliphatic carbocycles. The molecule has 19 heavy (non-hydrogen) atoms. The molecule has 0 saturated carbocycles. The van der Waals surface area contributed by atoms with Crippen molar-refractivity contribution in [2.45, 2.75) is 18.7 Å². The van der Waals surface area contributed by atoms with E-state index in [9.17, 15) is 23.3 Å². The second-order valence-corrected chi connectivity index (χ2v) is 6.15. The van der Waals surface area contributed by atoms with Gasteiger partial charge in [0.05, 0.1) is 4.90 Å². The van der Waals surface area contributed by atoms with Crippen LogP contribution in [-0.2, 0) is 9.84 Å². The molecule has 0 aromatic heterocycles. The highest BCUT2D eigenvalue weighted by Gasteiger charge is 2.25. The van der Waals surface area contributed by atoms with Crippen molar-refractivity contribution in [1.29, 1.82) is 0 Å². The van der Waals surface area contributed by atoms with Crippen LogP contribution >= 0.6 is 11.6 Å². The predicted octanol–water partition coefficient (Wildman–Crippen LogP) is 2.08. The number of nitrogens with zero attached hydrogens (tertiary/aromatic N) is 1. The van der Waals surface area contributed by atoms with E-state index in [2.05, 4.69) is 5.32 Å². The van der Waals surface area contributed by atoms with Crippen molar-refractivity contribution in [2.24, 2.45) is 0 Å². The molecule has 9 heteroatoms. The first-order valence-corrected chi connectivity index (χ1v) is 7.09. The normalized spacial score (nSPS) is 11.1. The summed E-state index contributed by atoms with van der Waals surface area (Å²) in [7, 11) is -4.01. The summed E-state index contributed by atoms with van der Waals surface area (Å²) in [5, 5.41) is 11.9. The molecule has 0 aliphatic rings. The van der Waals surface area contributed by atoms with Crippen LogP contribution in [0.3, 0.4) is 0 Å². The molecule has 0 atom stereocenters. The molecule has 1 aromatic carbocycles. The lowest BCUT2D eigenvalue weighted by Gasteiger charge is -2.11. The number of aryl methyl sites for hydroxylation is 2. The van der Waals surface area contributed by atoms with E-state index in [1.807, 2.05) is 0 Å². The summed E-state index contributed by atoms with van der Waals surface area (Å²) in [6.07, 6.45) is 0. The fraction of sp³-hybridized carbons (Fsp3) is 0.300. The van der Waals surface area contributed by atoms with Crippen molar-refractivity contribution in [2.75, 3.05) is 11.2 Å². The number of anilines is 1. The Bertz CT molecular complexity index is 618. The van der Waals surface area contributed by atoms with E-state index >= 15 is 0 Å². The molecule has 0 spiro atoms. The average Bonchev–Trinajstić information content (AvgIpc) is 2.10. The summed E-state index contributed by atoms with van der Waals surface area (Å²) in [4.78, 5) is 20.1. The number of benzene rings is 1. The Hall–Kier alpha value is -1.67. The Balaban J connectivity index is 3.32. The first-order valence-electron chi connectivity index (χ1n) is 5.06. The van der Waals surface area contributed by atoms with Crippen LogP contribution in [0.5, 0.6) is 0 Å². The Morgan fingerprint density at radius 1 is 1.37 bits per heavy atom. The largest absolute Gasteiger partial charge is 0.318 e. The van der Waals surface area contributed by atoms with Gasteiger partial charge in [-0.2, -0.15) is 0 Å². The maximum Gasteiger partial charge on any atom is 0.318 e. The first-order chi connectivity index (χ1) is 8.63. The number of amides is 1. The number of hydrogen-bond donors (Lipinski definition) is 1. The molecule has 0 aliphatic heterocycles. The van der Waals surface area contributed by atoms with Crippen LogP contribution in [-0.4, -0.2) is 24.6 Å². The van der Waals surface area contributed by atoms with Gasteiger partial charge in [0.1, 0.15) is 0 Å². The van der Waals surface area contributed by atoms with Gasteiger partial charge in [0.25, 0.3) is 0 Å². The van der Waals surface area contributed by atoms with Gasteiger partial charge in [0.15, 0.2) is 0 Å². The van der Waals surface area contributed by atoms with Gasteiger partial charge in [0, 0.05) is 10.6 Å². The van der Waals surface area contributed by atoms with Crippen LogP contribution in [0.2, 0.25) is 0 Å². The summed E-state index contributed by atoms with van der Waals surface area (Å²) < 4.78 is 23.7. The minimum atomic E-state index is -4.01. The number of rotatable bonds is 4. The van der Waals surface area contributed by atoms with Crippen LogP contribution < -0.4 is 5.32 Å². The molecule has 1 rings (SSSR count). The molecule has 1 aromatic rings. The lowest BCUT2D eigenvalue weighted by atomic mass is 10.1. The van der Waals surface area contributed by atoms with Crippen LogP contribution in [0.1, 0.15) is 11.1 Å². The van der Waals surface area contributed by atoms with Gasteiger partial charge in [0.2, 0.25) is 9.84 Å². The van der Waals surface area contributed by atoms with E-state index in [4.69, 9.17) is 11.6 Å². The summed E-state index contributed by atoms with van der Waals surface area (Å²) >= 11 is 5.16. The number of halogens is 1. The third-order valence-corrected chi connectivity index (χ3v) is 4.20. The van der Waals surface area contributed by atoms with Crippen molar-refractivity contribution in [1.82, 2.24) is 0 Å². The van der Waals surface area contributed by atoms with Gasteiger partial charge in [-0.3, -0.25) is 14.9 Å². The number of sulfone groups is 1. The summed E-state index contributed by atoms with van der Waals surface area (Å²) in [5.74, 6) is -1.17. The fourth-order valence-corrected chi connectivity index (χ4v) is 3.44. The number of carbonyl (C=O) groups is 1. The van der Waals surface area contributed by atoms with E-state index in [1.54, 1.807) is 0 Å². The van der Waals surface area contributed by atoms with Gasteiger partial charge in [-0.1, -0.05) is 0 Å². The highest BCUT2D eigenvalue weighted by Crippen LogP contribution is 2.25. The maximum absolute atomic E-state index is 11.9. The first kappa shape index (κ1) is 15.4. The molecule has 1 N–H and O–H groups in total. The second-order valence-electron chi connectivity index (χ2n) is 3.91. The van der Waals surface area contributed by atoms with E-state index in [0.29, 0.717) is 16.8 Å². The fourth-order valence-electron chi connectivity index (χ4n) is 1.83. The number of hydrogen-bond acceptors (Lipinski definition) is 5. The maximum atomic E-state index is 11.9. The zero-order chi connectivity index (χ0) is 14.8. The van der Waals surface area contributed by atoms with Crippen LogP contribution in [0, 0.1) is 24.0 Å². The van der Waals surface area contributed by atoms with Gasteiger partial charge in [-0.05, 0) is 48.7 Å². The highest BCUT2D eigenvalue weighted by molar-refractivity contribution is 7.91. The van der Waals surface area contributed by atoms with E-state index in [-0.39, 0.29) is 4.90 Å². The molecule has 0 bridgehead atoms. The quantitative estimate of drug-likeness (QED) is 0.396. The van der Waals surface area contributed by atoms with Crippen LogP contribution in [0.15, 0.2) is 17.0 Å². The minimum Gasteiger partial charge on any atom is -0.312 e. The molecular formula is C10H11ClN2O5S. The lowest BCUT2D eigenvalue weighted by Crippen LogP contribution is -2.17. The number of nitro groups is 1. The Kier molecular flexibility index (Phi) is 4.48. The zero-order valence-corrected chi connectivity index (χ0v) is 11.7. The second kappa shape index (κ2) is 5.54. The average molecular weight is 307 g/mol. The smallest absolute Gasteiger partial charge is 0.312 e. The number of carbonyl (C=O) groups excluding carboxylic acids is 1. The molecule has 7 nitrogen and oxygen atoms in total. The van der Waals surface area contributed by atoms with Gasteiger partial charge in [-0.25, -0.2) is 8.42 Å². The Labute approximate surface area is 114 Å². The van der Waals surface area contributed by atoms with E-state index in [1.165, 1.54) is 26.0 Å². The predicted molar refractivity (Wildman–Crippen MR) is 69.8 cm³/mol. The van der Waals surface area contributed by atoms with Crippen molar-refractivity contribution in [3.05, 3.63) is 33.4 Å².